The molecule has 4 aromatic rings. The number of para-hydroxylation sites is 1. The number of benzene rings is 2. The van der Waals surface area contributed by atoms with Gasteiger partial charge in [-0.3, -0.25) is 14.6 Å². The van der Waals surface area contributed by atoms with Crippen LogP contribution in [0.2, 0.25) is 0 Å². The zero-order chi connectivity index (χ0) is 20.4. The summed E-state index contributed by atoms with van der Waals surface area (Å²) >= 11 is 0. The van der Waals surface area contributed by atoms with Crippen LogP contribution in [0.25, 0.3) is 10.9 Å². The Morgan fingerprint density at radius 3 is 2.52 bits per heavy atom. The third kappa shape index (κ3) is 3.80. The van der Waals surface area contributed by atoms with Gasteiger partial charge < -0.3 is 9.88 Å². The number of nitrogens with one attached hydrogen (secondary N) is 1. The summed E-state index contributed by atoms with van der Waals surface area (Å²) in [5, 5.41) is 0.936. The lowest BCUT2D eigenvalue weighted by Gasteiger charge is -2.24. The van der Waals surface area contributed by atoms with Crippen LogP contribution < -0.4 is 10.5 Å². The van der Waals surface area contributed by atoms with E-state index in [1.165, 1.54) is 0 Å². The number of hydrogen-bond donors (Lipinski definition) is 1. The molecule has 0 saturated carbocycles. The standard InChI is InChI=1S/C24H21N3O2/c1-16-7-8-19-14-20(23(28)26-21(19)13-16)15-27(22-6-4-3-5-17(22)2)24(29)18-9-11-25-12-10-18/h3-14H,15H2,1-2H3,(H,26,28). The number of amides is 1. The summed E-state index contributed by atoms with van der Waals surface area (Å²) in [7, 11) is 0. The predicted molar refractivity (Wildman–Crippen MR) is 115 cm³/mol. The Labute approximate surface area is 168 Å². The third-order valence-corrected chi connectivity index (χ3v) is 4.99. The molecule has 0 fully saturated rings. The normalized spacial score (nSPS) is 10.8. The number of aryl methyl sites for hydroxylation is 2. The molecular weight excluding hydrogens is 362 g/mol. The Kier molecular flexibility index (Phi) is 4.96. The number of nitrogens with zero attached hydrogens (tertiary/aromatic N) is 2. The van der Waals surface area contributed by atoms with Gasteiger partial charge in [0.05, 0.1) is 6.54 Å². The van der Waals surface area contributed by atoms with Crippen LogP contribution in [-0.4, -0.2) is 15.9 Å². The summed E-state index contributed by atoms with van der Waals surface area (Å²) in [5.74, 6) is -0.176. The highest BCUT2D eigenvalue weighted by atomic mass is 16.2. The Bertz CT molecular complexity index is 1250. The lowest BCUT2D eigenvalue weighted by Crippen LogP contribution is -2.33. The van der Waals surface area contributed by atoms with Crippen LogP contribution >= 0.6 is 0 Å². The molecule has 2 aromatic heterocycles. The van der Waals surface area contributed by atoms with Gasteiger partial charge in [-0.1, -0.05) is 30.3 Å². The highest BCUT2D eigenvalue weighted by Crippen LogP contribution is 2.24. The fourth-order valence-electron chi connectivity index (χ4n) is 3.43. The second-order valence-corrected chi connectivity index (χ2v) is 7.13. The third-order valence-electron chi connectivity index (χ3n) is 4.99. The van der Waals surface area contributed by atoms with Gasteiger partial charge in [-0.15, -0.1) is 0 Å². The highest BCUT2D eigenvalue weighted by molar-refractivity contribution is 6.06. The van der Waals surface area contributed by atoms with Gasteiger partial charge in [0.2, 0.25) is 0 Å². The van der Waals surface area contributed by atoms with Gasteiger partial charge in [0.15, 0.2) is 0 Å². The van der Waals surface area contributed by atoms with E-state index in [4.69, 9.17) is 0 Å². The summed E-state index contributed by atoms with van der Waals surface area (Å²) in [5.41, 5.74) is 4.48. The molecule has 29 heavy (non-hydrogen) atoms. The molecule has 2 heterocycles. The molecule has 0 aliphatic heterocycles. The molecule has 0 unspecified atom stereocenters. The van der Waals surface area contributed by atoms with E-state index in [1.807, 2.05) is 62.4 Å². The van der Waals surface area contributed by atoms with Crippen molar-refractivity contribution in [3.63, 3.8) is 0 Å². The topological polar surface area (TPSA) is 66.1 Å². The second-order valence-electron chi connectivity index (χ2n) is 7.13. The first-order chi connectivity index (χ1) is 14.0. The van der Waals surface area contributed by atoms with Gasteiger partial charge in [0.25, 0.3) is 11.5 Å². The lowest BCUT2D eigenvalue weighted by atomic mass is 10.1. The summed E-state index contributed by atoms with van der Waals surface area (Å²) in [4.78, 5) is 34.6. The molecule has 0 aliphatic rings. The van der Waals surface area contributed by atoms with Crippen molar-refractivity contribution in [3.05, 3.63) is 106 Å². The van der Waals surface area contributed by atoms with E-state index in [9.17, 15) is 9.59 Å². The lowest BCUT2D eigenvalue weighted by molar-refractivity contribution is 0.0985. The van der Waals surface area contributed by atoms with Crippen molar-refractivity contribution >= 4 is 22.5 Å². The number of aromatic nitrogens is 2. The van der Waals surface area contributed by atoms with Crippen LogP contribution in [0.1, 0.15) is 27.0 Å². The average molecular weight is 383 g/mol. The van der Waals surface area contributed by atoms with E-state index >= 15 is 0 Å². The van der Waals surface area contributed by atoms with Crippen LogP contribution in [0.4, 0.5) is 5.69 Å². The molecule has 144 valence electrons. The second kappa shape index (κ2) is 7.72. The number of pyridine rings is 2. The van der Waals surface area contributed by atoms with Gasteiger partial charge in [-0.25, -0.2) is 0 Å². The van der Waals surface area contributed by atoms with E-state index < -0.39 is 0 Å². The van der Waals surface area contributed by atoms with Gasteiger partial charge in [0, 0.05) is 34.7 Å². The van der Waals surface area contributed by atoms with E-state index in [2.05, 4.69) is 9.97 Å². The molecule has 0 aliphatic carbocycles. The number of aromatic amines is 1. The summed E-state index contributed by atoms with van der Waals surface area (Å²) in [6, 6.07) is 18.8. The number of hydrogen-bond acceptors (Lipinski definition) is 3. The summed E-state index contributed by atoms with van der Waals surface area (Å²) in [6.07, 6.45) is 3.18. The van der Waals surface area contributed by atoms with Gasteiger partial charge in [0.1, 0.15) is 0 Å². The van der Waals surface area contributed by atoms with E-state index in [0.717, 1.165) is 27.7 Å². The molecule has 5 heteroatoms. The fourth-order valence-corrected chi connectivity index (χ4v) is 3.43. The quantitative estimate of drug-likeness (QED) is 0.568. The SMILES string of the molecule is Cc1ccc2cc(CN(C(=O)c3ccncc3)c3ccccc3C)c(=O)[nH]c2c1. The number of anilines is 1. The maximum Gasteiger partial charge on any atom is 0.258 e. The van der Waals surface area contributed by atoms with Crippen molar-refractivity contribution in [2.75, 3.05) is 4.90 Å². The smallest absolute Gasteiger partial charge is 0.258 e. The highest BCUT2D eigenvalue weighted by Gasteiger charge is 2.21. The molecule has 2 aromatic carbocycles. The van der Waals surface area contributed by atoms with Crippen LogP contribution in [0.3, 0.4) is 0 Å². The minimum Gasteiger partial charge on any atom is -0.322 e. The zero-order valence-corrected chi connectivity index (χ0v) is 16.3. The van der Waals surface area contributed by atoms with Gasteiger partial charge in [-0.2, -0.15) is 0 Å². The van der Waals surface area contributed by atoms with Crippen LogP contribution in [0.5, 0.6) is 0 Å². The van der Waals surface area contributed by atoms with Gasteiger partial charge >= 0.3 is 0 Å². The number of carbonyl (C=O) groups excluding carboxylic acids is 1. The van der Waals surface area contributed by atoms with E-state index in [0.29, 0.717) is 11.1 Å². The molecular formula is C24H21N3O2. The maximum absolute atomic E-state index is 13.3. The first-order valence-corrected chi connectivity index (χ1v) is 9.43. The first kappa shape index (κ1) is 18.6. The fraction of sp³-hybridized carbons (Fsp3) is 0.125. The molecule has 0 atom stereocenters. The zero-order valence-electron chi connectivity index (χ0n) is 16.3. The Hall–Kier alpha value is -3.73. The maximum atomic E-state index is 13.3. The number of carbonyl (C=O) groups is 1. The van der Waals surface area contributed by atoms with Crippen LogP contribution in [0.15, 0.2) is 77.9 Å². The van der Waals surface area contributed by atoms with Crippen molar-refractivity contribution < 1.29 is 4.79 Å². The number of fused-ring (bicyclic) bond motifs is 1. The molecule has 0 saturated heterocycles. The van der Waals surface area contributed by atoms with Gasteiger partial charge in [-0.05, 0) is 60.7 Å². The Morgan fingerprint density at radius 1 is 1.00 bits per heavy atom. The number of rotatable bonds is 4. The molecule has 0 radical (unpaired) electrons. The van der Waals surface area contributed by atoms with Crippen molar-refractivity contribution in [2.24, 2.45) is 0 Å². The predicted octanol–water partition coefficient (Wildman–Crippen LogP) is 4.39. The minimum absolute atomic E-state index is 0.172. The van der Waals surface area contributed by atoms with Crippen molar-refractivity contribution in [3.8, 4) is 0 Å². The summed E-state index contributed by atoms with van der Waals surface area (Å²) < 4.78 is 0. The molecule has 1 amide bonds. The Morgan fingerprint density at radius 2 is 1.76 bits per heavy atom. The first-order valence-electron chi connectivity index (χ1n) is 9.43. The largest absolute Gasteiger partial charge is 0.322 e. The van der Waals surface area contributed by atoms with E-state index in [1.54, 1.807) is 29.4 Å². The molecule has 5 nitrogen and oxygen atoms in total. The van der Waals surface area contributed by atoms with Crippen molar-refractivity contribution in [1.29, 1.82) is 0 Å². The molecule has 0 spiro atoms. The van der Waals surface area contributed by atoms with Crippen molar-refractivity contribution in [1.82, 2.24) is 9.97 Å². The van der Waals surface area contributed by atoms with Crippen LogP contribution in [0, 0.1) is 13.8 Å². The molecule has 0 bridgehead atoms. The summed E-state index contributed by atoms with van der Waals surface area (Å²) in [6.45, 7) is 4.11. The van der Waals surface area contributed by atoms with E-state index in [-0.39, 0.29) is 18.0 Å². The minimum atomic E-state index is -0.191. The monoisotopic (exact) mass is 383 g/mol. The Balaban J connectivity index is 1.80. The molecule has 4 rings (SSSR count). The van der Waals surface area contributed by atoms with Crippen LogP contribution in [-0.2, 0) is 6.54 Å². The number of H-pyrrole nitrogens is 1. The average Bonchev–Trinajstić information content (AvgIpc) is 2.73. The molecule has 1 N–H and O–H groups in total. The van der Waals surface area contributed by atoms with Crippen molar-refractivity contribution in [2.45, 2.75) is 20.4 Å².